The highest BCUT2D eigenvalue weighted by Gasteiger charge is 2.23. The van der Waals surface area contributed by atoms with Gasteiger partial charge in [-0.2, -0.15) is 0 Å². The number of rotatable bonds is 7. The van der Waals surface area contributed by atoms with Crippen LogP contribution in [0, 0.1) is 0 Å². The molecule has 1 atom stereocenters. The van der Waals surface area contributed by atoms with E-state index >= 15 is 0 Å². The van der Waals surface area contributed by atoms with Gasteiger partial charge in [0.1, 0.15) is 11.5 Å². The minimum Gasteiger partial charge on any atom is -0.461 e. The van der Waals surface area contributed by atoms with E-state index in [0.29, 0.717) is 12.8 Å². The maximum atomic E-state index is 12.3. The van der Waals surface area contributed by atoms with Crippen molar-refractivity contribution in [3.8, 4) is 11.3 Å². The Labute approximate surface area is 166 Å². The van der Waals surface area contributed by atoms with Crippen molar-refractivity contribution in [1.29, 1.82) is 0 Å². The van der Waals surface area contributed by atoms with Crippen molar-refractivity contribution in [3.63, 3.8) is 0 Å². The van der Waals surface area contributed by atoms with Crippen LogP contribution in [0.25, 0.3) is 11.3 Å². The lowest BCUT2D eigenvalue weighted by Crippen LogP contribution is -2.37. The molecule has 1 aliphatic heterocycles. The van der Waals surface area contributed by atoms with Crippen molar-refractivity contribution in [3.05, 3.63) is 84.1 Å². The highest BCUT2D eigenvalue weighted by atomic mass is 16.3. The van der Waals surface area contributed by atoms with Crippen LogP contribution >= 0.6 is 0 Å². The van der Waals surface area contributed by atoms with Gasteiger partial charge in [-0.1, -0.05) is 60.7 Å². The lowest BCUT2D eigenvalue weighted by Gasteiger charge is -2.16. The Morgan fingerprint density at radius 2 is 1.75 bits per heavy atom. The lowest BCUT2D eigenvalue weighted by molar-refractivity contribution is -0.121. The van der Waals surface area contributed by atoms with Gasteiger partial charge in [0.2, 0.25) is 5.91 Å². The molecule has 1 saturated heterocycles. The number of likely N-dealkylation sites (tertiary alicyclic amines) is 1. The third kappa shape index (κ3) is 4.90. The quantitative estimate of drug-likeness (QED) is 0.672. The highest BCUT2D eigenvalue weighted by molar-refractivity contribution is 5.76. The molecule has 1 N–H and O–H groups in total. The van der Waals surface area contributed by atoms with Gasteiger partial charge in [0, 0.05) is 44.1 Å². The van der Waals surface area contributed by atoms with Crippen LogP contribution in [0.5, 0.6) is 0 Å². The van der Waals surface area contributed by atoms with Crippen molar-refractivity contribution in [1.82, 2.24) is 10.2 Å². The molecular weight excluding hydrogens is 348 g/mol. The third-order valence-corrected chi connectivity index (χ3v) is 5.20. The zero-order valence-corrected chi connectivity index (χ0v) is 16.0. The number of carbonyl (C=O) groups is 1. The van der Waals surface area contributed by atoms with Gasteiger partial charge in [-0.25, -0.2) is 0 Å². The molecule has 4 rings (SSSR count). The Morgan fingerprint density at radius 1 is 1.00 bits per heavy atom. The number of benzene rings is 2. The maximum Gasteiger partial charge on any atom is 0.220 e. The summed E-state index contributed by atoms with van der Waals surface area (Å²) in [4.78, 5) is 14.7. The first-order valence-electron chi connectivity index (χ1n) is 9.96. The molecule has 1 fully saturated rings. The molecule has 2 heterocycles. The molecule has 0 unspecified atom stereocenters. The normalized spacial score (nSPS) is 16.9. The van der Waals surface area contributed by atoms with Gasteiger partial charge in [-0.15, -0.1) is 0 Å². The average molecular weight is 374 g/mol. The topological polar surface area (TPSA) is 45.5 Å². The van der Waals surface area contributed by atoms with E-state index in [1.165, 1.54) is 5.56 Å². The number of hydrogen-bond acceptors (Lipinski definition) is 3. The summed E-state index contributed by atoms with van der Waals surface area (Å²) in [6, 6.07) is 24.7. The molecule has 4 heteroatoms. The van der Waals surface area contributed by atoms with E-state index in [-0.39, 0.29) is 11.9 Å². The number of carbonyl (C=O) groups excluding carboxylic acids is 1. The van der Waals surface area contributed by atoms with E-state index in [0.717, 1.165) is 43.1 Å². The summed E-state index contributed by atoms with van der Waals surface area (Å²) in [5.74, 6) is 1.80. The first-order chi connectivity index (χ1) is 13.8. The number of nitrogens with zero attached hydrogens (tertiary/aromatic N) is 1. The first kappa shape index (κ1) is 18.5. The molecule has 0 spiro atoms. The molecule has 0 aliphatic carbocycles. The van der Waals surface area contributed by atoms with Gasteiger partial charge in [0.15, 0.2) is 0 Å². The number of furan rings is 1. The molecule has 4 nitrogen and oxygen atoms in total. The zero-order valence-electron chi connectivity index (χ0n) is 16.0. The van der Waals surface area contributed by atoms with Gasteiger partial charge in [0.25, 0.3) is 0 Å². The standard InChI is InChI=1S/C24H26N2O2/c27-24(14-12-22-11-13-23(28-22)20-9-5-2-6-10-20)25-21-15-16-26(18-21)17-19-7-3-1-4-8-19/h1-11,13,21H,12,14-18H2,(H,25,27)/t21-/m0/s1. The lowest BCUT2D eigenvalue weighted by atomic mass is 10.2. The molecule has 28 heavy (non-hydrogen) atoms. The van der Waals surface area contributed by atoms with Gasteiger partial charge in [0.05, 0.1) is 0 Å². The van der Waals surface area contributed by atoms with E-state index < -0.39 is 0 Å². The van der Waals surface area contributed by atoms with Crippen LogP contribution in [0.1, 0.15) is 24.2 Å². The molecule has 144 valence electrons. The minimum absolute atomic E-state index is 0.101. The van der Waals surface area contributed by atoms with E-state index in [9.17, 15) is 4.79 Å². The molecule has 0 radical (unpaired) electrons. The van der Waals surface area contributed by atoms with E-state index in [4.69, 9.17) is 4.42 Å². The molecule has 2 aromatic carbocycles. The van der Waals surface area contributed by atoms with Crippen LogP contribution in [-0.2, 0) is 17.8 Å². The molecule has 3 aromatic rings. The van der Waals surface area contributed by atoms with Crippen LogP contribution in [0.4, 0.5) is 0 Å². The number of nitrogens with one attached hydrogen (secondary N) is 1. The van der Waals surface area contributed by atoms with Gasteiger partial charge in [-0.05, 0) is 24.1 Å². The van der Waals surface area contributed by atoms with Crippen molar-refractivity contribution < 1.29 is 9.21 Å². The molecule has 0 bridgehead atoms. The third-order valence-electron chi connectivity index (χ3n) is 5.20. The van der Waals surface area contributed by atoms with E-state index in [1.807, 2.05) is 48.5 Å². The molecule has 1 aromatic heterocycles. The second-order valence-corrected chi connectivity index (χ2v) is 7.41. The highest BCUT2D eigenvalue weighted by Crippen LogP contribution is 2.22. The molecule has 0 saturated carbocycles. The van der Waals surface area contributed by atoms with Gasteiger partial charge >= 0.3 is 0 Å². The Bertz CT molecular complexity index is 889. The maximum absolute atomic E-state index is 12.3. The summed E-state index contributed by atoms with van der Waals surface area (Å²) < 4.78 is 5.89. The molecular formula is C24H26N2O2. The minimum atomic E-state index is 0.101. The molecule has 1 amide bonds. The Kier molecular flexibility index (Phi) is 5.88. The van der Waals surface area contributed by atoms with Crippen molar-refractivity contribution in [2.24, 2.45) is 0 Å². The van der Waals surface area contributed by atoms with Crippen molar-refractivity contribution >= 4 is 5.91 Å². The molecule has 1 aliphatic rings. The number of hydrogen-bond donors (Lipinski definition) is 1. The van der Waals surface area contributed by atoms with Crippen LogP contribution in [0.15, 0.2) is 77.2 Å². The SMILES string of the molecule is O=C(CCc1ccc(-c2ccccc2)o1)N[C@H]1CCN(Cc2ccccc2)C1. The number of amides is 1. The summed E-state index contributed by atoms with van der Waals surface area (Å²) in [5.41, 5.74) is 2.38. The van der Waals surface area contributed by atoms with Crippen LogP contribution in [0.2, 0.25) is 0 Å². The second-order valence-electron chi connectivity index (χ2n) is 7.41. The average Bonchev–Trinajstić information content (AvgIpc) is 3.38. The van der Waals surface area contributed by atoms with Crippen molar-refractivity contribution in [2.75, 3.05) is 13.1 Å². The van der Waals surface area contributed by atoms with Gasteiger partial charge < -0.3 is 9.73 Å². The van der Waals surface area contributed by atoms with Crippen LogP contribution in [0.3, 0.4) is 0 Å². The van der Waals surface area contributed by atoms with E-state index in [2.05, 4.69) is 34.5 Å². The summed E-state index contributed by atoms with van der Waals surface area (Å²) in [6.45, 7) is 2.89. The fraction of sp³-hybridized carbons (Fsp3) is 0.292. The Balaban J connectivity index is 1.22. The smallest absolute Gasteiger partial charge is 0.220 e. The van der Waals surface area contributed by atoms with E-state index in [1.54, 1.807) is 0 Å². The first-order valence-corrected chi connectivity index (χ1v) is 9.96. The summed E-state index contributed by atoms with van der Waals surface area (Å²) in [5, 5.41) is 3.18. The fourth-order valence-electron chi connectivity index (χ4n) is 3.74. The summed E-state index contributed by atoms with van der Waals surface area (Å²) >= 11 is 0. The largest absolute Gasteiger partial charge is 0.461 e. The van der Waals surface area contributed by atoms with Crippen LogP contribution in [-0.4, -0.2) is 29.9 Å². The Hall–Kier alpha value is -2.85. The van der Waals surface area contributed by atoms with Crippen LogP contribution < -0.4 is 5.32 Å². The summed E-state index contributed by atoms with van der Waals surface area (Å²) in [6.07, 6.45) is 2.09. The van der Waals surface area contributed by atoms with Crippen molar-refractivity contribution in [2.45, 2.75) is 31.8 Å². The fourth-order valence-corrected chi connectivity index (χ4v) is 3.74. The summed E-state index contributed by atoms with van der Waals surface area (Å²) in [7, 11) is 0. The monoisotopic (exact) mass is 374 g/mol. The Morgan fingerprint density at radius 3 is 2.54 bits per heavy atom. The predicted octanol–water partition coefficient (Wildman–Crippen LogP) is 4.27. The van der Waals surface area contributed by atoms with Gasteiger partial charge in [-0.3, -0.25) is 9.69 Å². The predicted molar refractivity (Wildman–Crippen MR) is 111 cm³/mol. The zero-order chi connectivity index (χ0) is 19.2. The second kappa shape index (κ2) is 8.89. The number of aryl methyl sites for hydroxylation is 1.